The van der Waals surface area contributed by atoms with Gasteiger partial charge in [0.1, 0.15) is 0 Å². The number of pyridine rings is 1. The molecule has 1 nitrogen and oxygen atoms in total. The van der Waals surface area contributed by atoms with Crippen LogP contribution in [0, 0.1) is 0 Å². The topological polar surface area (TPSA) is 12.9 Å². The number of aromatic nitrogens is 1. The summed E-state index contributed by atoms with van der Waals surface area (Å²) in [6.45, 7) is 6.97. The molecule has 0 radical (unpaired) electrons. The van der Waals surface area contributed by atoms with Crippen LogP contribution < -0.4 is 0 Å². The minimum absolute atomic E-state index is 0.0503. The third kappa shape index (κ3) is 5.97. The highest BCUT2D eigenvalue weighted by molar-refractivity contribution is 6.00. The Kier molecular flexibility index (Phi) is 8.38. The molecule has 1 heteroatoms. The van der Waals surface area contributed by atoms with Gasteiger partial charge in [-0.1, -0.05) is 156 Å². The molecule has 0 spiro atoms. The number of nitrogens with zero attached hydrogens (tertiary/aromatic N) is 1. The molecule has 1 aliphatic rings. The van der Waals surface area contributed by atoms with Gasteiger partial charge in [-0.25, -0.2) is 4.98 Å². The molecule has 0 fully saturated rings. The summed E-state index contributed by atoms with van der Waals surface area (Å²) in [4.78, 5) is 5.29. The van der Waals surface area contributed by atoms with Crippen LogP contribution in [-0.2, 0) is 11.8 Å². The molecule has 1 aliphatic carbocycles. The van der Waals surface area contributed by atoms with Gasteiger partial charge in [-0.15, -0.1) is 0 Å². The van der Waals surface area contributed by atoms with Gasteiger partial charge < -0.3 is 0 Å². The average molecular weight is 636 g/mol. The maximum atomic E-state index is 5.29. The first-order chi connectivity index (χ1) is 24.0. The molecule has 1 heterocycles. The summed E-state index contributed by atoms with van der Waals surface area (Å²) in [5.74, 6) is 0. The fourth-order valence-corrected chi connectivity index (χ4v) is 8.01. The van der Waals surface area contributed by atoms with Crippen LogP contribution in [0.15, 0.2) is 133 Å². The first kappa shape index (κ1) is 31.3. The molecule has 0 unspecified atom stereocenters. The third-order valence-corrected chi connectivity index (χ3v) is 10.8. The van der Waals surface area contributed by atoms with E-state index in [4.69, 9.17) is 4.98 Å². The van der Waals surface area contributed by atoms with E-state index in [1.165, 1.54) is 111 Å². The van der Waals surface area contributed by atoms with Crippen LogP contribution in [0.2, 0.25) is 0 Å². The Morgan fingerprint density at radius 2 is 1.18 bits per heavy atom. The molecule has 0 saturated heterocycles. The molecule has 0 bridgehead atoms. The SMILES string of the molecule is CCCCCCCCc1ccc2cc(-c3ccc4nc(-c5ccc6c(c5)C(C)(C)c5ccccc5-6)cc(-c5ccccc5)c4c3)ccc2c1. The Bertz CT molecular complexity index is 2290. The predicted molar refractivity (Wildman–Crippen MR) is 210 cm³/mol. The zero-order chi connectivity index (χ0) is 33.4. The summed E-state index contributed by atoms with van der Waals surface area (Å²) < 4.78 is 0. The van der Waals surface area contributed by atoms with Crippen LogP contribution >= 0.6 is 0 Å². The van der Waals surface area contributed by atoms with E-state index in [0.29, 0.717) is 0 Å². The monoisotopic (exact) mass is 635 g/mol. The lowest BCUT2D eigenvalue weighted by molar-refractivity contribution is 0.607. The van der Waals surface area contributed by atoms with Crippen LogP contribution in [0.5, 0.6) is 0 Å². The fraction of sp³-hybridized carbons (Fsp3) is 0.229. The lowest BCUT2D eigenvalue weighted by atomic mass is 9.82. The van der Waals surface area contributed by atoms with E-state index < -0.39 is 0 Å². The van der Waals surface area contributed by atoms with E-state index in [1.807, 2.05) is 0 Å². The molecule has 242 valence electrons. The summed E-state index contributed by atoms with van der Waals surface area (Å²) in [7, 11) is 0. The van der Waals surface area contributed by atoms with Gasteiger partial charge in [0.25, 0.3) is 0 Å². The quantitative estimate of drug-likeness (QED) is 0.136. The van der Waals surface area contributed by atoms with Gasteiger partial charge in [-0.2, -0.15) is 0 Å². The standard InChI is InChI=1S/C48H45N/c1-4-5-6-7-8-10-15-33-20-21-36-29-37(23-22-35(36)28-33)38-25-27-46-43(30-38)42(34-16-11-9-12-17-34)32-47(49-46)39-24-26-41-40-18-13-14-19-44(40)48(2,3)45(41)31-39/h9,11-14,16-32H,4-8,10,15H2,1-3H3. The number of fused-ring (bicyclic) bond motifs is 5. The normalized spacial score (nSPS) is 13.1. The third-order valence-electron chi connectivity index (χ3n) is 10.8. The summed E-state index contributed by atoms with van der Waals surface area (Å²) in [6, 6.07) is 49.6. The van der Waals surface area contributed by atoms with E-state index in [1.54, 1.807) is 0 Å². The van der Waals surface area contributed by atoms with Crippen molar-refractivity contribution in [1.82, 2.24) is 4.98 Å². The largest absolute Gasteiger partial charge is 0.248 e. The van der Waals surface area contributed by atoms with Crippen molar-refractivity contribution < 1.29 is 0 Å². The molecule has 49 heavy (non-hydrogen) atoms. The molecule has 1 aromatic heterocycles. The van der Waals surface area contributed by atoms with Gasteiger partial charge in [0, 0.05) is 16.4 Å². The van der Waals surface area contributed by atoms with Gasteiger partial charge in [-0.3, -0.25) is 0 Å². The highest BCUT2D eigenvalue weighted by Crippen LogP contribution is 2.49. The summed E-state index contributed by atoms with van der Waals surface area (Å²) in [5.41, 5.74) is 14.9. The van der Waals surface area contributed by atoms with Crippen molar-refractivity contribution in [1.29, 1.82) is 0 Å². The predicted octanol–water partition coefficient (Wildman–Crippen LogP) is 13.6. The van der Waals surface area contributed by atoms with Crippen molar-refractivity contribution in [2.45, 2.75) is 71.1 Å². The number of hydrogen-bond acceptors (Lipinski definition) is 1. The maximum absolute atomic E-state index is 5.29. The number of unbranched alkanes of at least 4 members (excludes halogenated alkanes) is 5. The van der Waals surface area contributed by atoms with Crippen molar-refractivity contribution in [2.75, 3.05) is 0 Å². The number of benzene rings is 6. The highest BCUT2D eigenvalue weighted by atomic mass is 14.7. The van der Waals surface area contributed by atoms with Crippen LogP contribution in [0.4, 0.5) is 0 Å². The Hall–Kier alpha value is -5.01. The first-order valence-corrected chi connectivity index (χ1v) is 18.3. The molecule has 0 aliphatic heterocycles. The zero-order valence-corrected chi connectivity index (χ0v) is 29.1. The zero-order valence-electron chi connectivity index (χ0n) is 29.1. The smallest absolute Gasteiger partial charge is 0.0716 e. The van der Waals surface area contributed by atoms with E-state index in [2.05, 4.69) is 154 Å². The minimum Gasteiger partial charge on any atom is -0.248 e. The number of aryl methyl sites for hydroxylation is 1. The maximum Gasteiger partial charge on any atom is 0.0716 e. The van der Waals surface area contributed by atoms with Gasteiger partial charge in [-0.05, 0) is 104 Å². The van der Waals surface area contributed by atoms with Gasteiger partial charge in [0.05, 0.1) is 11.2 Å². The van der Waals surface area contributed by atoms with E-state index in [-0.39, 0.29) is 5.41 Å². The molecule has 0 N–H and O–H groups in total. The first-order valence-electron chi connectivity index (χ1n) is 18.3. The Labute approximate surface area is 291 Å². The second-order valence-electron chi connectivity index (χ2n) is 14.5. The molecule has 7 aromatic rings. The Balaban J connectivity index is 1.14. The molecule has 0 amide bonds. The van der Waals surface area contributed by atoms with E-state index in [9.17, 15) is 0 Å². The van der Waals surface area contributed by atoms with Crippen LogP contribution in [0.25, 0.3) is 66.3 Å². The Morgan fingerprint density at radius 3 is 2.06 bits per heavy atom. The van der Waals surface area contributed by atoms with Crippen molar-refractivity contribution in [3.05, 3.63) is 150 Å². The second kappa shape index (κ2) is 13.1. The van der Waals surface area contributed by atoms with E-state index >= 15 is 0 Å². The lowest BCUT2D eigenvalue weighted by Gasteiger charge is -2.22. The molecular formula is C48H45N. The van der Waals surface area contributed by atoms with Gasteiger partial charge in [0.2, 0.25) is 0 Å². The van der Waals surface area contributed by atoms with Crippen molar-refractivity contribution in [2.24, 2.45) is 0 Å². The highest BCUT2D eigenvalue weighted by Gasteiger charge is 2.35. The van der Waals surface area contributed by atoms with Crippen LogP contribution in [-0.4, -0.2) is 4.98 Å². The molecule has 8 rings (SSSR count). The average Bonchev–Trinajstić information content (AvgIpc) is 3.38. The van der Waals surface area contributed by atoms with Crippen molar-refractivity contribution >= 4 is 21.7 Å². The van der Waals surface area contributed by atoms with Crippen molar-refractivity contribution in [3.63, 3.8) is 0 Å². The minimum atomic E-state index is -0.0503. The molecule has 6 aromatic carbocycles. The molecule has 0 atom stereocenters. The molecule has 0 saturated carbocycles. The van der Waals surface area contributed by atoms with Gasteiger partial charge >= 0.3 is 0 Å². The lowest BCUT2D eigenvalue weighted by Crippen LogP contribution is -2.14. The van der Waals surface area contributed by atoms with Crippen LogP contribution in [0.3, 0.4) is 0 Å². The number of hydrogen-bond donors (Lipinski definition) is 0. The van der Waals surface area contributed by atoms with E-state index in [0.717, 1.165) is 16.8 Å². The summed E-state index contributed by atoms with van der Waals surface area (Å²) in [6.07, 6.45) is 9.19. The Morgan fingerprint density at radius 1 is 0.490 bits per heavy atom. The van der Waals surface area contributed by atoms with Crippen molar-refractivity contribution in [3.8, 4) is 44.6 Å². The summed E-state index contributed by atoms with van der Waals surface area (Å²) >= 11 is 0. The second-order valence-corrected chi connectivity index (χ2v) is 14.5. The summed E-state index contributed by atoms with van der Waals surface area (Å²) in [5, 5.41) is 3.79. The molecular weight excluding hydrogens is 591 g/mol. The van der Waals surface area contributed by atoms with Crippen LogP contribution in [0.1, 0.15) is 76.0 Å². The fourth-order valence-electron chi connectivity index (χ4n) is 8.01. The van der Waals surface area contributed by atoms with Gasteiger partial charge in [0.15, 0.2) is 0 Å². The number of rotatable bonds is 10.